The third-order valence-corrected chi connectivity index (χ3v) is 4.59. The molecule has 2 aromatic carbocycles. The highest BCUT2D eigenvalue weighted by atomic mass is 32.2. The van der Waals surface area contributed by atoms with Crippen LogP contribution in [0.2, 0.25) is 0 Å². The number of ether oxygens (including phenoxy) is 2. The Labute approximate surface area is 161 Å². The van der Waals surface area contributed by atoms with Gasteiger partial charge in [0.05, 0.1) is 11.2 Å². The van der Waals surface area contributed by atoms with E-state index >= 15 is 0 Å². The first-order chi connectivity index (χ1) is 14.0. The molecule has 27 heavy (non-hydrogen) atoms. The van der Waals surface area contributed by atoms with Crippen molar-refractivity contribution >= 4 is 15.9 Å². The van der Waals surface area contributed by atoms with Gasteiger partial charge >= 0.3 is 10.1 Å². The summed E-state index contributed by atoms with van der Waals surface area (Å²) in [7, 11) is -3.69. The zero-order chi connectivity index (χ0) is 22.3. The van der Waals surface area contributed by atoms with E-state index in [1.807, 2.05) is 0 Å². The van der Waals surface area contributed by atoms with Crippen molar-refractivity contribution in [3.05, 3.63) is 76.9 Å². The number of rotatable bonds is 6. The van der Waals surface area contributed by atoms with Crippen LogP contribution in [0, 0.1) is 6.92 Å². The Morgan fingerprint density at radius 1 is 1.22 bits per heavy atom. The molecular formula is C19H19NO6S. The van der Waals surface area contributed by atoms with Gasteiger partial charge in [0.2, 0.25) is 17.4 Å². The summed E-state index contributed by atoms with van der Waals surface area (Å²) in [5.41, 5.74) is 3.08. The second-order valence-electron chi connectivity index (χ2n) is 5.61. The molecule has 0 spiro atoms. The minimum atomic E-state index is -5.04. The highest BCUT2D eigenvalue weighted by Crippen LogP contribution is 2.38. The Hall–Kier alpha value is -3.00. The van der Waals surface area contributed by atoms with Gasteiger partial charge in [-0.1, -0.05) is 48.5 Å². The highest BCUT2D eigenvalue weighted by Gasteiger charge is 2.41. The van der Waals surface area contributed by atoms with Crippen LogP contribution in [0.1, 0.15) is 26.9 Å². The van der Waals surface area contributed by atoms with E-state index in [9.17, 15) is 13.2 Å². The molecule has 0 radical (unpaired) electrons. The normalized spacial score (nSPS) is 21.9. The molecule has 2 aromatic rings. The summed E-state index contributed by atoms with van der Waals surface area (Å²) in [5, 5.41) is 0. The molecule has 0 saturated carbocycles. The molecule has 7 nitrogen and oxygen atoms in total. The molecule has 0 unspecified atom stereocenters. The zero-order valence-corrected chi connectivity index (χ0v) is 15.4. The van der Waals surface area contributed by atoms with E-state index in [2.05, 4.69) is 0 Å². The second-order valence-corrected chi connectivity index (χ2v) is 6.89. The zero-order valence-electron chi connectivity index (χ0n) is 17.6. The average Bonchev–Trinajstić information content (AvgIpc) is 2.92. The SMILES string of the molecule is [2H]C([2H])(c1ccccc1)S(=O)(=O)OC1=C(N)O[C@@]([2H])(c2cccc(C)c2OC)C1=O. The van der Waals surface area contributed by atoms with Crippen LogP contribution in [0.25, 0.3) is 0 Å². The fourth-order valence-electron chi connectivity index (χ4n) is 2.56. The van der Waals surface area contributed by atoms with Gasteiger partial charge in [-0.25, -0.2) is 0 Å². The lowest BCUT2D eigenvalue weighted by atomic mass is 10.0. The van der Waals surface area contributed by atoms with Crippen LogP contribution < -0.4 is 10.5 Å². The number of aryl methyl sites for hydroxylation is 1. The van der Waals surface area contributed by atoms with Gasteiger partial charge in [0, 0.05) is 5.56 Å². The minimum absolute atomic E-state index is 0.0000162. The lowest BCUT2D eigenvalue weighted by molar-refractivity contribution is -0.123. The molecule has 1 atom stereocenters. The molecule has 3 rings (SSSR count). The van der Waals surface area contributed by atoms with E-state index in [-0.39, 0.29) is 16.9 Å². The lowest BCUT2D eigenvalue weighted by Crippen LogP contribution is -2.16. The Balaban J connectivity index is 1.98. The van der Waals surface area contributed by atoms with Gasteiger partial charge in [-0.05, 0) is 18.1 Å². The number of carbonyl (C=O) groups is 1. The maximum atomic E-state index is 12.9. The summed E-state index contributed by atoms with van der Waals surface area (Å²) in [6, 6.07) is 11.7. The number of hydrogen-bond donors (Lipinski definition) is 1. The number of ketones is 1. The molecule has 0 amide bonds. The van der Waals surface area contributed by atoms with E-state index in [1.165, 1.54) is 37.4 Å². The largest absolute Gasteiger partial charge is 0.496 e. The van der Waals surface area contributed by atoms with Crippen molar-refractivity contribution in [2.24, 2.45) is 5.73 Å². The van der Waals surface area contributed by atoms with Crippen LogP contribution in [0.15, 0.2) is 60.2 Å². The van der Waals surface area contributed by atoms with E-state index in [0.29, 0.717) is 5.56 Å². The number of benzene rings is 2. The van der Waals surface area contributed by atoms with Crippen LogP contribution in [0.3, 0.4) is 0 Å². The monoisotopic (exact) mass is 392 g/mol. The Morgan fingerprint density at radius 3 is 2.59 bits per heavy atom. The fraction of sp³-hybridized carbons (Fsp3) is 0.211. The van der Waals surface area contributed by atoms with Crippen LogP contribution in [-0.2, 0) is 29.5 Å². The molecular weight excluding hydrogens is 370 g/mol. The molecule has 0 fully saturated rings. The molecule has 1 aliphatic rings. The fourth-order valence-corrected chi connectivity index (χ4v) is 3.40. The number of carbonyl (C=O) groups excluding carboxylic acids is 1. The lowest BCUT2D eigenvalue weighted by Gasteiger charge is -2.15. The van der Waals surface area contributed by atoms with Gasteiger partial charge in [0.25, 0.3) is 0 Å². The van der Waals surface area contributed by atoms with Crippen LogP contribution in [-0.4, -0.2) is 21.3 Å². The van der Waals surface area contributed by atoms with Crippen molar-refractivity contribution in [3.63, 3.8) is 0 Å². The quantitative estimate of drug-likeness (QED) is 0.752. The second kappa shape index (κ2) is 7.32. The first-order valence-corrected chi connectivity index (χ1v) is 9.23. The third-order valence-electron chi connectivity index (χ3n) is 3.72. The van der Waals surface area contributed by atoms with Crippen molar-refractivity contribution in [2.75, 3.05) is 7.11 Å². The summed E-state index contributed by atoms with van der Waals surface area (Å²) >= 11 is 0. The summed E-state index contributed by atoms with van der Waals surface area (Å²) < 4.78 is 65.0. The van der Waals surface area contributed by atoms with Crippen molar-refractivity contribution in [1.82, 2.24) is 0 Å². The smallest absolute Gasteiger partial charge is 0.313 e. The average molecular weight is 392 g/mol. The van der Waals surface area contributed by atoms with Crippen molar-refractivity contribution in [2.45, 2.75) is 18.7 Å². The molecule has 8 heteroatoms. The summed E-state index contributed by atoms with van der Waals surface area (Å²) in [5.74, 6) is -2.71. The molecule has 0 saturated heterocycles. The van der Waals surface area contributed by atoms with E-state index in [4.69, 9.17) is 23.5 Å². The molecule has 1 heterocycles. The van der Waals surface area contributed by atoms with Crippen LogP contribution in [0.4, 0.5) is 0 Å². The maximum absolute atomic E-state index is 12.9. The van der Waals surface area contributed by atoms with Gasteiger partial charge in [-0.2, -0.15) is 8.42 Å². The third kappa shape index (κ3) is 3.90. The standard InChI is InChI=1S/C19H19NO6S/c1-12-7-6-10-14(16(12)24-2)17-15(21)18(19(20)25-17)26-27(22,23)11-13-8-4-3-5-9-13/h3-10,17H,11,20H2,1-2H3/t17-/m0/s1/i11D2,17D. The van der Waals surface area contributed by atoms with Gasteiger partial charge in [-0.15, -0.1) is 0 Å². The number of para-hydroxylation sites is 1. The van der Waals surface area contributed by atoms with Gasteiger partial charge in [-0.3, -0.25) is 4.79 Å². The Morgan fingerprint density at radius 2 is 1.93 bits per heavy atom. The molecule has 1 aliphatic heterocycles. The highest BCUT2D eigenvalue weighted by molar-refractivity contribution is 7.86. The van der Waals surface area contributed by atoms with Crippen molar-refractivity contribution in [3.8, 4) is 5.75 Å². The predicted molar refractivity (Wildman–Crippen MR) is 97.9 cm³/mol. The molecule has 0 aliphatic carbocycles. The summed E-state index contributed by atoms with van der Waals surface area (Å²) in [4.78, 5) is 12.9. The first-order valence-electron chi connectivity index (χ1n) is 9.33. The number of Topliss-reactive ketones (excluding diaryl/α,β-unsaturated/α-hetero) is 1. The van der Waals surface area contributed by atoms with Gasteiger partial charge in [0.1, 0.15) is 11.5 Å². The first kappa shape index (κ1) is 15.1. The van der Waals surface area contributed by atoms with Crippen molar-refractivity contribution < 1.29 is 31.0 Å². The van der Waals surface area contributed by atoms with E-state index in [0.717, 1.165) is 0 Å². The summed E-state index contributed by atoms with van der Waals surface area (Å²) in [6.07, 6.45) is -2.45. The number of nitrogens with two attached hydrogens (primary N) is 1. The number of hydrogen-bond acceptors (Lipinski definition) is 7. The van der Waals surface area contributed by atoms with E-state index in [1.54, 1.807) is 25.1 Å². The Kier molecular flexibility index (Phi) is 4.09. The van der Waals surface area contributed by atoms with Gasteiger partial charge in [0.15, 0.2) is 6.08 Å². The maximum Gasteiger partial charge on any atom is 0.313 e. The number of methoxy groups -OCH3 is 1. The van der Waals surface area contributed by atoms with Crippen LogP contribution in [0.5, 0.6) is 5.75 Å². The predicted octanol–water partition coefficient (Wildman–Crippen LogP) is 2.32. The molecule has 2 N–H and O–H groups in total. The molecule has 142 valence electrons. The van der Waals surface area contributed by atoms with Gasteiger partial charge < -0.3 is 19.4 Å². The van der Waals surface area contributed by atoms with Crippen LogP contribution >= 0.6 is 0 Å². The molecule has 0 bridgehead atoms. The Bertz CT molecular complexity index is 1130. The topological polar surface area (TPSA) is 105 Å². The van der Waals surface area contributed by atoms with Crippen molar-refractivity contribution in [1.29, 1.82) is 0 Å². The molecule has 0 aromatic heterocycles. The minimum Gasteiger partial charge on any atom is -0.496 e. The van der Waals surface area contributed by atoms with E-state index < -0.39 is 39.3 Å². The summed E-state index contributed by atoms with van der Waals surface area (Å²) in [6.45, 7) is 1.69.